The summed E-state index contributed by atoms with van der Waals surface area (Å²) in [4.78, 5) is 13.1. The third-order valence-electron chi connectivity index (χ3n) is 13.9. The third-order valence-corrected chi connectivity index (χ3v) is 13.9. The summed E-state index contributed by atoms with van der Waals surface area (Å²) in [5, 5.41) is 119. The Balaban J connectivity index is 1.42. The molecule has 0 spiro atoms. The van der Waals surface area contributed by atoms with Crippen molar-refractivity contribution in [2.75, 3.05) is 26.4 Å². The zero-order valence-electron chi connectivity index (χ0n) is 41.8. The third kappa shape index (κ3) is 21.7. The van der Waals surface area contributed by atoms with Crippen molar-refractivity contribution in [2.45, 2.75) is 285 Å². The van der Waals surface area contributed by atoms with E-state index in [4.69, 9.17) is 28.4 Å². The molecule has 3 fully saturated rings. The first-order chi connectivity index (χ1) is 33.3. The zero-order valence-corrected chi connectivity index (χ0v) is 41.8. The lowest BCUT2D eigenvalue weighted by atomic mass is 9.96. The van der Waals surface area contributed by atoms with Crippen LogP contribution in [0.15, 0.2) is 0 Å². The molecular formula is C50H95NO18. The number of carbonyl (C=O) groups is 1. The highest BCUT2D eigenvalue weighted by atomic mass is 16.8. The molecule has 69 heavy (non-hydrogen) atoms. The molecule has 12 N–H and O–H groups in total. The Kier molecular flexibility index (Phi) is 32.3. The summed E-state index contributed by atoms with van der Waals surface area (Å²) in [6.45, 7) is 1.64. The molecule has 19 heteroatoms. The van der Waals surface area contributed by atoms with Gasteiger partial charge in [-0.3, -0.25) is 4.79 Å². The smallest absolute Gasteiger partial charge is 0.220 e. The van der Waals surface area contributed by atoms with Gasteiger partial charge in [-0.25, -0.2) is 0 Å². The minimum absolute atomic E-state index is 0.249. The molecular weight excluding hydrogens is 903 g/mol. The van der Waals surface area contributed by atoms with Crippen LogP contribution in [0.1, 0.15) is 181 Å². The van der Waals surface area contributed by atoms with Crippen molar-refractivity contribution < 1.29 is 89.4 Å². The van der Waals surface area contributed by atoms with Crippen molar-refractivity contribution in [3.8, 4) is 0 Å². The van der Waals surface area contributed by atoms with E-state index in [2.05, 4.69) is 19.2 Å². The molecule has 0 aromatic heterocycles. The van der Waals surface area contributed by atoms with Gasteiger partial charge < -0.3 is 89.9 Å². The predicted octanol–water partition coefficient (Wildman–Crippen LogP) is 2.48. The molecule has 0 radical (unpaired) electrons. The molecule has 3 saturated heterocycles. The van der Waals surface area contributed by atoms with Gasteiger partial charge in [0, 0.05) is 6.42 Å². The summed E-state index contributed by atoms with van der Waals surface area (Å²) in [5.74, 6) is -0.249. The topological polar surface area (TPSA) is 307 Å². The highest BCUT2D eigenvalue weighted by Gasteiger charge is 2.53. The minimum atomic E-state index is -1.97. The Morgan fingerprint density at radius 1 is 0.464 bits per heavy atom. The molecule has 3 aliphatic rings. The monoisotopic (exact) mass is 998 g/mol. The van der Waals surface area contributed by atoms with Gasteiger partial charge in [0.1, 0.15) is 73.2 Å². The Hall–Kier alpha value is -1.21. The van der Waals surface area contributed by atoms with E-state index in [1.807, 2.05) is 0 Å². The van der Waals surface area contributed by atoms with E-state index in [1.54, 1.807) is 0 Å². The number of unbranched alkanes of at least 4 members (excludes halogenated alkanes) is 22. The second kappa shape index (κ2) is 35.9. The maximum atomic E-state index is 13.1. The Bertz CT molecular complexity index is 1290. The zero-order chi connectivity index (χ0) is 50.6. The summed E-state index contributed by atoms with van der Waals surface area (Å²) >= 11 is 0. The lowest BCUT2D eigenvalue weighted by molar-refractivity contribution is -0.379. The first-order valence-corrected chi connectivity index (χ1v) is 26.8. The number of nitrogens with one attached hydrogen (secondary N) is 1. The molecule has 0 saturated carbocycles. The molecule has 0 aliphatic carbocycles. The van der Waals surface area contributed by atoms with Crippen molar-refractivity contribution in [3.05, 3.63) is 0 Å². The van der Waals surface area contributed by atoms with Gasteiger partial charge in [-0.15, -0.1) is 0 Å². The van der Waals surface area contributed by atoms with Crippen LogP contribution in [0.25, 0.3) is 0 Å². The quantitative estimate of drug-likeness (QED) is 0.0396. The maximum absolute atomic E-state index is 13.1. The van der Waals surface area contributed by atoms with Crippen molar-refractivity contribution >= 4 is 5.91 Å². The summed E-state index contributed by atoms with van der Waals surface area (Å²) in [6, 6.07) is -0.875. The van der Waals surface area contributed by atoms with Crippen LogP contribution in [-0.2, 0) is 33.2 Å². The van der Waals surface area contributed by atoms with Gasteiger partial charge >= 0.3 is 0 Å². The van der Waals surface area contributed by atoms with E-state index in [1.165, 1.54) is 103 Å². The largest absolute Gasteiger partial charge is 0.394 e. The summed E-state index contributed by atoms with van der Waals surface area (Å²) < 4.78 is 34.0. The van der Waals surface area contributed by atoms with Crippen LogP contribution in [0.5, 0.6) is 0 Å². The fourth-order valence-corrected chi connectivity index (χ4v) is 9.43. The van der Waals surface area contributed by atoms with Gasteiger partial charge in [0.05, 0.1) is 38.6 Å². The number of amides is 1. The first kappa shape index (κ1) is 62.1. The van der Waals surface area contributed by atoms with Crippen molar-refractivity contribution in [3.63, 3.8) is 0 Å². The van der Waals surface area contributed by atoms with Gasteiger partial charge in [-0.2, -0.15) is 0 Å². The molecule has 3 heterocycles. The van der Waals surface area contributed by atoms with Crippen LogP contribution < -0.4 is 5.32 Å². The van der Waals surface area contributed by atoms with E-state index in [0.717, 1.165) is 44.9 Å². The standard InChI is InChI=1S/C50H95NO18/c1-3-5-7-9-10-11-12-13-14-15-16-17-18-19-20-21-22-23-24-26-28-38(56)51-33(34(55)27-25-8-6-4-2)32-64-48-44(62)41(59)46(36(30-53)66-48)69-50-45(63)42(60)47(37(31-54)67-50)68-49-43(61)40(58)39(57)35(29-52)65-49/h33-37,39-50,52-55,57-63H,3-32H2,1-2H3,(H,51,56). The summed E-state index contributed by atoms with van der Waals surface area (Å²) in [7, 11) is 0. The molecule has 0 bridgehead atoms. The number of ether oxygens (including phenoxy) is 6. The summed E-state index contributed by atoms with van der Waals surface area (Å²) in [6.07, 6.45) is 3.03. The second-order valence-corrected chi connectivity index (χ2v) is 19.7. The molecule has 3 rings (SSSR count). The minimum Gasteiger partial charge on any atom is -0.394 e. The SMILES string of the molecule is CCCCCCCCCCCCCCCCCCCCCCC(=O)NC(COC1OC(CO)C(OC2OC(CO)C(OC3OC(CO)C(O)C(O)C3O)C(O)C2O)C(O)C1O)C(O)CCCCCC. The van der Waals surface area contributed by atoms with Crippen LogP contribution in [0.4, 0.5) is 0 Å². The fraction of sp³-hybridized carbons (Fsp3) is 0.980. The van der Waals surface area contributed by atoms with Crippen molar-refractivity contribution in [1.29, 1.82) is 0 Å². The molecule has 19 nitrogen and oxygen atoms in total. The van der Waals surface area contributed by atoms with E-state index in [0.29, 0.717) is 12.8 Å². The first-order valence-electron chi connectivity index (χ1n) is 26.8. The van der Waals surface area contributed by atoms with Crippen LogP contribution in [0, 0.1) is 0 Å². The molecule has 0 aromatic rings. The molecule has 0 aromatic carbocycles. The Labute approximate surface area is 411 Å². The molecule has 408 valence electrons. The average molecular weight is 998 g/mol. The average Bonchev–Trinajstić information content (AvgIpc) is 3.34. The van der Waals surface area contributed by atoms with Gasteiger partial charge in [-0.1, -0.05) is 162 Å². The highest BCUT2D eigenvalue weighted by Crippen LogP contribution is 2.33. The van der Waals surface area contributed by atoms with Gasteiger partial charge in [0.15, 0.2) is 18.9 Å². The lowest BCUT2D eigenvalue weighted by Gasteiger charge is -2.48. The van der Waals surface area contributed by atoms with Crippen molar-refractivity contribution in [2.24, 2.45) is 0 Å². The normalized spacial score (nSPS) is 32.8. The molecule has 3 aliphatic heterocycles. The van der Waals surface area contributed by atoms with Crippen LogP contribution in [-0.4, -0.2) is 193 Å². The second-order valence-electron chi connectivity index (χ2n) is 19.7. The van der Waals surface area contributed by atoms with E-state index in [9.17, 15) is 61.0 Å². The number of hydrogen-bond donors (Lipinski definition) is 12. The highest BCUT2D eigenvalue weighted by molar-refractivity contribution is 5.76. The number of aliphatic hydroxyl groups is 11. The lowest BCUT2D eigenvalue weighted by Crippen LogP contribution is -2.66. The Morgan fingerprint density at radius 3 is 1.26 bits per heavy atom. The number of hydrogen-bond acceptors (Lipinski definition) is 18. The molecule has 1 amide bonds. The van der Waals surface area contributed by atoms with Crippen LogP contribution in [0.2, 0.25) is 0 Å². The van der Waals surface area contributed by atoms with Crippen molar-refractivity contribution in [1.82, 2.24) is 5.32 Å². The number of rotatable bonds is 38. The Morgan fingerprint density at radius 2 is 0.826 bits per heavy atom. The van der Waals surface area contributed by atoms with Gasteiger partial charge in [0.2, 0.25) is 5.91 Å². The number of aliphatic hydroxyl groups excluding tert-OH is 11. The number of carbonyl (C=O) groups excluding carboxylic acids is 1. The van der Waals surface area contributed by atoms with Crippen LogP contribution >= 0.6 is 0 Å². The molecule has 17 unspecified atom stereocenters. The maximum Gasteiger partial charge on any atom is 0.220 e. The van der Waals surface area contributed by atoms with E-state index < -0.39 is 124 Å². The van der Waals surface area contributed by atoms with Gasteiger partial charge in [-0.05, 0) is 12.8 Å². The predicted molar refractivity (Wildman–Crippen MR) is 254 cm³/mol. The fourth-order valence-electron chi connectivity index (χ4n) is 9.43. The summed E-state index contributed by atoms with van der Waals surface area (Å²) in [5.41, 5.74) is 0. The van der Waals surface area contributed by atoms with Crippen LogP contribution in [0.3, 0.4) is 0 Å². The molecule has 17 atom stereocenters. The van der Waals surface area contributed by atoms with E-state index >= 15 is 0 Å². The van der Waals surface area contributed by atoms with Gasteiger partial charge in [0.25, 0.3) is 0 Å². The van der Waals surface area contributed by atoms with E-state index in [-0.39, 0.29) is 18.9 Å².